The first-order valence-electron chi connectivity index (χ1n) is 7.53. The number of nitrogens with zero attached hydrogens (tertiary/aromatic N) is 1. The summed E-state index contributed by atoms with van der Waals surface area (Å²) in [6.45, 7) is -0.231. The molecular formula is C18H18N2O4. The molecule has 1 atom stereocenters. The van der Waals surface area contributed by atoms with Gasteiger partial charge in [-0.05, 0) is 29.8 Å². The van der Waals surface area contributed by atoms with Crippen LogP contribution in [-0.4, -0.2) is 30.7 Å². The number of hydrogen-bond acceptors (Lipinski definition) is 4. The summed E-state index contributed by atoms with van der Waals surface area (Å²) < 4.78 is 10.7. The minimum absolute atomic E-state index is 0.231. The number of fused-ring (bicyclic) bond motifs is 1. The van der Waals surface area contributed by atoms with E-state index >= 15 is 0 Å². The van der Waals surface area contributed by atoms with Crippen molar-refractivity contribution in [1.82, 2.24) is 4.98 Å². The Morgan fingerprint density at radius 3 is 2.62 bits per heavy atom. The van der Waals surface area contributed by atoms with E-state index in [0.717, 1.165) is 22.0 Å². The highest BCUT2D eigenvalue weighted by molar-refractivity contribution is 5.84. The summed E-state index contributed by atoms with van der Waals surface area (Å²) in [7, 11) is 3.13. The summed E-state index contributed by atoms with van der Waals surface area (Å²) in [5.74, 6) is 0.799. The minimum Gasteiger partial charge on any atom is -0.497 e. The summed E-state index contributed by atoms with van der Waals surface area (Å²) in [6.07, 6.45) is 1.83. The standard InChI is InChI=1S/C18H18N2O4/c1-23-12-7-8-18(24-2)14(9-12)16(11-20(21)22)15-10-19-17-6-4-3-5-13(15)17/h3-10,16,19H,11H2,1-2H3. The summed E-state index contributed by atoms with van der Waals surface area (Å²) >= 11 is 0. The topological polar surface area (TPSA) is 77.4 Å². The summed E-state index contributed by atoms with van der Waals surface area (Å²) in [5, 5.41) is 12.3. The molecule has 1 aromatic heterocycles. The van der Waals surface area contributed by atoms with E-state index in [1.54, 1.807) is 32.4 Å². The Labute approximate surface area is 139 Å². The van der Waals surface area contributed by atoms with Gasteiger partial charge in [0.05, 0.1) is 20.1 Å². The monoisotopic (exact) mass is 326 g/mol. The minimum atomic E-state index is -0.443. The molecular weight excluding hydrogens is 308 g/mol. The third-order valence-electron chi connectivity index (χ3n) is 4.14. The molecule has 6 heteroatoms. The van der Waals surface area contributed by atoms with Crippen molar-refractivity contribution in [2.75, 3.05) is 20.8 Å². The fraction of sp³-hybridized carbons (Fsp3) is 0.222. The second kappa shape index (κ2) is 6.62. The van der Waals surface area contributed by atoms with Crippen LogP contribution in [0.5, 0.6) is 11.5 Å². The summed E-state index contributed by atoms with van der Waals surface area (Å²) in [5.41, 5.74) is 2.55. The van der Waals surface area contributed by atoms with E-state index < -0.39 is 5.92 Å². The first kappa shape index (κ1) is 15.9. The van der Waals surface area contributed by atoms with Gasteiger partial charge in [-0.3, -0.25) is 10.1 Å². The van der Waals surface area contributed by atoms with E-state index in [1.807, 2.05) is 30.5 Å². The molecule has 0 aliphatic rings. The third kappa shape index (κ3) is 2.90. The molecule has 0 aliphatic heterocycles. The van der Waals surface area contributed by atoms with Gasteiger partial charge in [0, 0.05) is 27.6 Å². The number of ether oxygens (including phenoxy) is 2. The van der Waals surface area contributed by atoms with Crippen molar-refractivity contribution in [2.24, 2.45) is 0 Å². The van der Waals surface area contributed by atoms with Crippen molar-refractivity contribution < 1.29 is 14.4 Å². The van der Waals surface area contributed by atoms with Crippen LogP contribution in [0.3, 0.4) is 0 Å². The lowest BCUT2D eigenvalue weighted by molar-refractivity contribution is -0.481. The van der Waals surface area contributed by atoms with E-state index in [0.29, 0.717) is 11.5 Å². The molecule has 6 nitrogen and oxygen atoms in total. The maximum absolute atomic E-state index is 11.3. The number of benzene rings is 2. The number of H-pyrrole nitrogens is 1. The zero-order chi connectivity index (χ0) is 17.1. The lowest BCUT2D eigenvalue weighted by Gasteiger charge is -2.17. The molecule has 2 aromatic carbocycles. The van der Waals surface area contributed by atoms with Crippen LogP contribution in [0, 0.1) is 10.1 Å². The van der Waals surface area contributed by atoms with Crippen LogP contribution in [0.25, 0.3) is 10.9 Å². The van der Waals surface area contributed by atoms with Crippen molar-refractivity contribution in [3.8, 4) is 11.5 Å². The number of aromatic amines is 1. The maximum atomic E-state index is 11.3. The number of aromatic nitrogens is 1. The highest BCUT2D eigenvalue weighted by Gasteiger charge is 2.26. The smallest absolute Gasteiger partial charge is 0.214 e. The largest absolute Gasteiger partial charge is 0.497 e. The van der Waals surface area contributed by atoms with Gasteiger partial charge in [0.15, 0.2) is 0 Å². The van der Waals surface area contributed by atoms with E-state index in [4.69, 9.17) is 9.47 Å². The Morgan fingerprint density at radius 1 is 1.12 bits per heavy atom. The molecule has 3 aromatic rings. The Balaban J connectivity index is 2.19. The van der Waals surface area contributed by atoms with Crippen LogP contribution in [-0.2, 0) is 0 Å². The molecule has 0 bridgehead atoms. The lowest BCUT2D eigenvalue weighted by atomic mass is 9.90. The van der Waals surface area contributed by atoms with Gasteiger partial charge in [-0.1, -0.05) is 18.2 Å². The van der Waals surface area contributed by atoms with Crippen LogP contribution >= 0.6 is 0 Å². The molecule has 0 saturated heterocycles. The molecule has 1 unspecified atom stereocenters. The van der Waals surface area contributed by atoms with Crippen molar-refractivity contribution >= 4 is 10.9 Å². The first-order chi connectivity index (χ1) is 11.6. The van der Waals surface area contributed by atoms with E-state index in [1.165, 1.54) is 0 Å². The maximum Gasteiger partial charge on any atom is 0.214 e. The number of para-hydroxylation sites is 1. The summed E-state index contributed by atoms with van der Waals surface area (Å²) in [4.78, 5) is 14.2. The van der Waals surface area contributed by atoms with Crippen LogP contribution in [0.4, 0.5) is 0 Å². The van der Waals surface area contributed by atoms with Gasteiger partial charge in [-0.15, -0.1) is 0 Å². The van der Waals surface area contributed by atoms with Gasteiger partial charge in [0.25, 0.3) is 0 Å². The molecule has 24 heavy (non-hydrogen) atoms. The highest BCUT2D eigenvalue weighted by Crippen LogP contribution is 2.37. The zero-order valence-electron chi connectivity index (χ0n) is 13.5. The van der Waals surface area contributed by atoms with Crippen LogP contribution in [0.1, 0.15) is 17.0 Å². The second-order valence-electron chi connectivity index (χ2n) is 5.47. The Morgan fingerprint density at radius 2 is 1.92 bits per heavy atom. The molecule has 1 N–H and O–H groups in total. The Kier molecular flexibility index (Phi) is 4.37. The molecule has 3 rings (SSSR count). The quantitative estimate of drug-likeness (QED) is 0.554. The lowest BCUT2D eigenvalue weighted by Crippen LogP contribution is -2.14. The molecule has 1 heterocycles. The first-order valence-corrected chi connectivity index (χ1v) is 7.53. The number of nitrogens with one attached hydrogen (secondary N) is 1. The normalized spacial score (nSPS) is 12.1. The van der Waals surface area contributed by atoms with Gasteiger partial charge in [0.1, 0.15) is 11.5 Å². The van der Waals surface area contributed by atoms with Crippen molar-refractivity contribution in [3.05, 3.63) is 69.9 Å². The number of rotatable bonds is 6. The van der Waals surface area contributed by atoms with Crippen molar-refractivity contribution in [2.45, 2.75) is 5.92 Å². The van der Waals surface area contributed by atoms with Crippen LogP contribution < -0.4 is 9.47 Å². The van der Waals surface area contributed by atoms with E-state index in [2.05, 4.69) is 4.98 Å². The molecule has 0 radical (unpaired) electrons. The Bertz CT molecular complexity index is 872. The predicted molar refractivity (Wildman–Crippen MR) is 91.5 cm³/mol. The van der Waals surface area contributed by atoms with Crippen LogP contribution in [0.15, 0.2) is 48.7 Å². The van der Waals surface area contributed by atoms with E-state index in [-0.39, 0.29) is 11.5 Å². The van der Waals surface area contributed by atoms with Crippen molar-refractivity contribution in [3.63, 3.8) is 0 Å². The predicted octanol–water partition coefficient (Wildman–Crippen LogP) is 3.59. The third-order valence-corrected chi connectivity index (χ3v) is 4.14. The second-order valence-corrected chi connectivity index (χ2v) is 5.47. The Hall–Kier alpha value is -3.02. The molecule has 0 amide bonds. The average Bonchev–Trinajstić information content (AvgIpc) is 3.03. The molecule has 124 valence electrons. The van der Waals surface area contributed by atoms with Crippen molar-refractivity contribution in [1.29, 1.82) is 0 Å². The SMILES string of the molecule is COc1ccc(OC)c(C(C[N+](=O)[O-])c2c[nH]c3ccccc23)c1. The van der Waals surface area contributed by atoms with Gasteiger partial charge < -0.3 is 14.5 Å². The van der Waals surface area contributed by atoms with Gasteiger partial charge >= 0.3 is 0 Å². The van der Waals surface area contributed by atoms with Gasteiger partial charge in [-0.2, -0.15) is 0 Å². The van der Waals surface area contributed by atoms with Gasteiger partial charge in [0.2, 0.25) is 6.54 Å². The number of hydrogen-bond donors (Lipinski definition) is 1. The fourth-order valence-electron chi connectivity index (χ4n) is 3.01. The van der Waals surface area contributed by atoms with Crippen LogP contribution in [0.2, 0.25) is 0 Å². The molecule has 0 saturated carbocycles. The van der Waals surface area contributed by atoms with E-state index in [9.17, 15) is 10.1 Å². The molecule has 0 spiro atoms. The fourth-order valence-corrected chi connectivity index (χ4v) is 3.01. The average molecular weight is 326 g/mol. The van der Waals surface area contributed by atoms with Gasteiger partial charge in [-0.25, -0.2) is 0 Å². The number of methoxy groups -OCH3 is 2. The zero-order valence-corrected chi connectivity index (χ0v) is 13.5. The molecule has 0 fully saturated rings. The number of nitro groups is 1. The summed E-state index contributed by atoms with van der Waals surface area (Å²) in [6, 6.07) is 13.1. The molecule has 0 aliphatic carbocycles. The highest BCUT2D eigenvalue weighted by atomic mass is 16.6.